The molecule has 1 aromatic carbocycles. The molecule has 0 unspecified atom stereocenters. The maximum Gasteiger partial charge on any atom is 0.405 e. The van der Waals surface area contributed by atoms with Crippen LogP contribution in [0.15, 0.2) is 30.3 Å². The second-order valence-electron chi connectivity index (χ2n) is 5.08. The second-order valence-corrected chi connectivity index (χ2v) is 5.08. The zero-order chi connectivity index (χ0) is 16.3. The number of hydrogen-bond acceptors (Lipinski definition) is 2. The largest absolute Gasteiger partial charge is 0.405 e. The summed E-state index contributed by atoms with van der Waals surface area (Å²) in [5.74, 6) is -0.741. The van der Waals surface area contributed by atoms with Crippen LogP contribution >= 0.6 is 0 Å². The highest BCUT2D eigenvalue weighted by Crippen LogP contribution is 2.13. The number of hydrogen-bond donors (Lipinski definition) is 1. The molecular formula is C15H16F3N3O. The van der Waals surface area contributed by atoms with Crippen molar-refractivity contribution in [1.82, 2.24) is 15.1 Å². The van der Waals surface area contributed by atoms with Crippen molar-refractivity contribution in [2.75, 3.05) is 6.54 Å². The van der Waals surface area contributed by atoms with Gasteiger partial charge in [0.2, 0.25) is 0 Å². The lowest BCUT2D eigenvalue weighted by atomic mass is 10.1. The lowest BCUT2D eigenvalue weighted by Crippen LogP contribution is -2.33. The molecule has 118 valence electrons. The number of benzene rings is 1. The van der Waals surface area contributed by atoms with E-state index >= 15 is 0 Å². The molecular weight excluding hydrogens is 295 g/mol. The average molecular weight is 311 g/mol. The number of rotatable bonds is 4. The van der Waals surface area contributed by atoms with Crippen molar-refractivity contribution in [2.24, 2.45) is 0 Å². The van der Waals surface area contributed by atoms with E-state index in [0.29, 0.717) is 6.54 Å². The zero-order valence-corrected chi connectivity index (χ0v) is 12.2. The maximum atomic E-state index is 12.1. The highest BCUT2D eigenvalue weighted by molar-refractivity contribution is 5.94. The van der Waals surface area contributed by atoms with Crippen molar-refractivity contribution in [1.29, 1.82) is 0 Å². The van der Waals surface area contributed by atoms with Crippen molar-refractivity contribution in [3.05, 3.63) is 52.8 Å². The number of amides is 1. The summed E-state index contributed by atoms with van der Waals surface area (Å²) >= 11 is 0. The number of carbonyl (C=O) groups is 1. The zero-order valence-electron chi connectivity index (χ0n) is 12.2. The predicted molar refractivity (Wildman–Crippen MR) is 75.6 cm³/mol. The van der Waals surface area contributed by atoms with E-state index in [-0.39, 0.29) is 5.56 Å². The van der Waals surface area contributed by atoms with Gasteiger partial charge in [-0.1, -0.05) is 12.1 Å². The lowest BCUT2D eigenvalue weighted by molar-refractivity contribution is -0.123. The van der Waals surface area contributed by atoms with Gasteiger partial charge in [0.05, 0.1) is 12.2 Å². The molecule has 1 amide bonds. The van der Waals surface area contributed by atoms with Crippen LogP contribution in [0.1, 0.15) is 27.3 Å². The first kappa shape index (κ1) is 16.1. The van der Waals surface area contributed by atoms with E-state index in [1.165, 1.54) is 12.1 Å². The number of alkyl halides is 3. The van der Waals surface area contributed by atoms with E-state index in [1.54, 1.807) is 12.1 Å². The number of nitrogens with one attached hydrogen (secondary N) is 1. The Kier molecular flexibility index (Phi) is 4.54. The fourth-order valence-electron chi connectivity index (χ4n) is 2.05. The monoisotopic (exact) mass is 311 g/mol. The van der Waals surface area contributed by atoms with Crippen LogP contribution < -0.4 is 5.32 Å². The Balaban J connectivity index is 2.01. The molecule has 22 heavy (non-hydrogen) atoms. The van der Waals surface area contributed by atoms with Crippen LogP contribution in [0.5, 0.6) is 0 Å². The van der Waals surface area contributed by atoms with Gasteiger partial charge in [-0.05, 0) is 37.6 Å². The molecule has 0 atom stereocenters. The van der Waals surface area contributed by atoms with Gasteiger partial charge >= 0.3 is 6.18 Å². The fourth-order valence-corrected chi connectivity index (χ4v) is 2.05. The molecule has 0 fully saturated rings. The van der Waals surface area contributed by atoms with Crippen LogP contribution in [0, 0.1) is 13.8 Å². The van der Waals surface area contributed by atoms with Gasteiger partial charge in [-0.3, -0.25) is 9.48 Å². The van der Waals surface area contributed by atoms with Crippen molar-refractivity contribution < 1.29 is 18.0 Å². The number of halogens is 3. The molecule has 0 radical (unpaired) electrons. The van der Waals surface area contributed by atoms with Crippen LogP contribution in [-0.4, -0.2) is 28.4 Å². The van der Waals surface area contributed by atoms with Crippen LogP contribution in [0.4, 0.5) is 13.2 Å². The van der Waals surface area contributed by atoms with Gasteiger partial charge in [0.25, 0.3) is 5.91 Å². The summed E-state index contributed by atoms with van der Waals surface area (Å²) < 4.78 is 38.0. The normalized spacial score (nSPS) is 11.5. The highest BCUT2D eigenvalue weighted by Gasteiger charge is 2.27. The lowest BCUT2D eigenvalue weighted by Gasteiger charge is -2.09. The number of aryl methyl sites for hydroxylation is 2. The van der Waals surface area contributed by atoms with E-state index in [9.17, 15) is 18.0 Å². The Morgan fingerprint density at radius 2 is 1.86 bits per heavy atom. The van der Waals surface area contributed by atoms with E-state index in [4.69, 9.17) is 0 Å². The summed E-state index contributed by atoms with van der Waals surface area (Å²) in [7, 11) is 0. The van der Waals surface area contributed by atoms with Crippen molar-refractivity contribution in [3.8, 4) is 0 Å². The van der Waals surface area contributed by atoms with Gasteiger partial charge in [-0.25, -0.2) is 0 Å². The van der Waals surface area contributed by atoms with E-state index in [1.807, 2.05) is 29.9 Å². The Hall–Kier alpha value is -2.31. The van der Waals surface area contributed by atoms with Crippen LogP contribution in [0.3, 0.4) is 0 Å². The Morgan fingerprint density at radius 3 is 2.36 bits per heavy atom. The summed E-state index contributed by atoms with van der Waals surface area (Å²) in [6.45, 7) is 3.06. The molecule has 0 spiro atoms. The van der Waals surface area contributed by atoms with Gasteiger partial charge in [-0.2, -0.15) is 18.3 Å². The molecule has 2 aromatic rings. The van der Waals surface area contributed by atoms with Gasteiger partial charge in [0.15, 0.2) is 0 Å². The molecule has 1 aromatic heterocycles. The second kappa shape index (κ2) is 6.21. The maximum absolute atomic E-state index is 12.1. The minimum atomic E-state index is -4.41. The van der Waals surface area contributed by atoms with Crippen LogP contribution in [0.2, 0.25) is 0 Å². The van der Waals surface area contributed by atoms with Crippen molar-refractivity contribution in [3.63, 3.8) is 0 Å². The number of nitrogens with zero attached hydrogens (tertiary/aromatic N) is 2. The third-order valence-corrected chi connectivity index (χ3v) is 3.10. The van der Waals surface area contributed by atoms with E-state index < -0.39 is 18.6 Å². The van der Waals surface area contributed by atoms with Crippen LogP contribution in [-0.2, 0) is 6.54 Å². The quantitative estimate of drug-likeness (QED) is 0.944. The van der Waals surface area contributed by atoms with Gasteiger partial charge in [0.1, 0.15) is 6.54 Å². The molecule has 0 aliphatic carbocycles. The minimum absolute atomic E-state index is 0.196. The van der Waals surface area contributed by atoms with Gasteiger partial charge in [0, 0.05) is 11.3 Å². The van der Waals surface area contributed by atoms with E-state index in [0.717, 1.165) is 17.0 Å². The summed E-state index contributed by atoms with van der Waals surface area (Å²) in [6.07, 6.45) is -4.41. The van der Waals surface area contributed by atoms with Gasteiger partial charge < -0.3 is 5.32 Å². The fraction of sp³-hybridized carbons (Fsp3) is 0.333. The molecule has 4 nitrogen and oxygen atoms in total. The molecule has 0 aliphatic rings. The highest BCUT2D eigenvalue weighted by atomic mass is 19.4. The minimum Gasteiger partial charge on any atom is -0.343 e. The Bertz CT molecular complexity index is 660. The van der Waals surface area contributed by atoms with Crippen LogP contribution in [0.25, 0.3) is 0 Å². The molecule has 0 saturated heterocycles. The molecule has 1 N–H and O–H groups in total. The summed E-state index contributed by atoms with van der Waals surface area (Å²) in [4.78, 5) is 11.6. The van der Waals surface area contributed by atoms with E-state index in [2.05, 4.69) is 5.10 Å². The summed E-state index contributed by atoms with van der Waals surface area (Å²) in [6, 6.07) is 8.39. The molecule has 0 saturated carbocycles. The number of aromatic nitrogens is 2. The predicted octanol–water partition coefficient (Wildman–Crippen LogP) is 2.84. The van der Waals surface area contributed by atoms with Crippen molar-refractivity contribution >= 4 is 5.91 Å². The third kappa shape index (κ3) is 4.34. The Labute approximate surface area is 125 Å². The molecule has 1 heterocycles. The topological polar surface area (TPSA) is 46.9 Å². The SMILES string of the molecule is Cc1cc(C)n(Cc2ccc(C(=O)NCC(F)(F)F)cc2)n1. The molecule has 0 aliphatic heterocycles. The number of carbonyl (C=O) groups excluding carboxylic acids is 1. The smallest absolute Gasteiger partial charge is 0.343 e. The average Bonchev–Trinajstić information content (AvgIpc) is 2.74. The molecule has 0 bridgehead atoms. The van der Waals surface area contributed by atoms with Crippen molar-refractivity contribution in [2.45, 2.75) is 26.6 Å². The Morgan fingerprint density at radius 1 is 1.23 bits per heavy atom. The molecule has 2 rings (SSSR count). The standard InChI is InChI=1S/C15H16F3N3O/c1-10-7-11(2)21(20-10)8-12-3-5-13(6-4-12)14(22)19-9-15(16,17)18/h3-7H,8-9H2,1-2H3,(H,19,22). The first-order valence-electron chi connectivity index (χ1n) is 6.69. The molecule has 7 heteroatoms. The summed E-state index contributed by atoms with van der Waals surface area (Å²) in [5, 5.41) is 6.17. The van der Waals surface area contributed by atoms with Gasteiger partial charge in [-0.15, -0.1) is 0 Å². The first-order chi connectivity index (χ1) is 10.2. The third-order valence-electron chi connectivity index (χ3n) is 3.10. The first-order valence-corrected chi connectivity index (χ1v) is 6.69. The summed E-state index contributed by atoms with van der Waals surface area (Å²) in [5.41, 5.74) is 3.05.